The first kappa shape index (κ1) is 63.4. The van der Waals surface area contributed by atoms with Gasteiger partial charge in [-0.05, 0) is 75.9 Å². The van der Waals surface area contributed by atoms with Crippen LogP contribution < -0.4 is 21.3 Å². The van der Waals surface area contributed by atoms with Crippen LogP contribution in [0.25, 0.3) is 22.4 Å². The van der Waals surface area contributed by atoms with Gasteiger partial charge in [0.2, 0.25) is 17.6 Å². The molecule has 8 heterocycles. The van der Waals surface area contributed by atoms with Gasteiger partial charge in [0, 0.05) is 70.1 Å². The lowest BCUT2D eigenvalue weighted by molar-refractivity contribution is -0.162. The average molecular weight is 1420 g/mol. The number of urea groups is 1. The predicted octanol–water partition coefficient (Wildman–Crippen LogP) is 8.60. The van der Waals surface area contributed by atoms with Gasteiger partial charge >= 0.3 is 6.03 Å². The topological polar surface area (TPSA) is 230 Å². The van der Waals surface area contributed by atoms with Crippen LogP contribution in [0.1, 0.15) is 82.8 Å². The number of carbonyl (C=O) groups is 5. The lowest BCUT2D eigenvalue weighted by Crippen LogP contribution is -2.57. The zero-order valence-electron chi connectivity index (χ0n) is 48.1. The Morgan fingerprint density at radius 1 is 0.659 bits per heavy atom. The second-order valence-corrected chi connectivity index (χ2v) is 25.4. The number of carbonyl (C=O) groups excluding carboxylic acids is 5. The number of fused-ring (bicyclic) bond motifs is 10. The first-order chi connectivity index (χ1) is 43.4. The molecule has 91 heavy (non-hydrogen) atoms. The SMILES string of the molecule is CN1C(=O)C[C@H]2[C@@H]3NC(=O)c4ccc(Br)n4[C@@H]3C[C@]21OCCCn1cc(CNC(=O)CCSc2c(F)c(F)c(-c3c(F)c(F)c(F)c(F)c3F)c(F)c2F)nn1.Cc1ccc(-c2cn(CCCO[C@@]34C[C@@H]5[C@@H](NC(=O)c6ccc(Br)n65)[C@@H]3NC(=O)N4C)nn2)cc1. The quantitative estimate of drug-likeness (QED) is 0.0208. The molecule has 2 saturated carbocycles. The summed E-state index contributed by atoms with van der Waals surface area (Å²) in [6.07, 6.45) is 5.46. The van der Waals surface area contributed by atoms with Crippen LogP contribution >= 0.6 is 43.6 Å². The zero-order valence-corrected chi connectivity index (χ0v) is 52.1. The first-order valence-corrected chi connectivity index (χ1v) is 31.1. The Hall–Kier alpha value is -7.75. The molecule has 6 aliphatic rings. The van der Waals surface area contributed by atoms with Crippen LogP contribution in [0.4, 0.5) is 44.3 Å². The van der Waals surface area contributed by atoms with Crippen molar-refractivity contribution in [3.63, 3.8) is 0 Å². The van der Waals surface area contributed by atoms with Crippen molar-refractivity contribution in [3.8, 4) is 22.4 Å². The fraction of sp³-hybridized carbons (Fsp3) is 0.397. The molecule has 2 aliphatic carbocycles. The van der Waals surface area contributed by atoms with E-state index in [1.807, 2.05) is 44.3 Å². The zero-order chi connectivity index (χ0) is 64.7. The maximum atomic E-state index is 14.8. The summed E-state index contributed by atoms with van der Waals surface area (Å²) in [5.74, 6) is -24.2. The number of rotatable bonds is 18. The smallest absolute Gasteiger partial charge is 0.319 e. The number of thioether (sulfide) groups is 1. The number of benzene rings is 3. The second-order valence-electron chi connectivity index (χ2n) is 22.7. The average Bonchev–Trinajstić information content (AvgIpc) is 1.61. The summed E-state index contributed by atoms with van der Waals surface area (Å²) in [5.41, 5.74) is -1.58. The van der Waals surface area contributed by atoms with Crippen LogP contribution in [0.15, 0.2) is 75.0 Å². The number of ether oxygens (including phenoxy) is 2. The third kappa shape index (κ3) is 11.0. The molecular formula is C58H53Br2F9N14O7S. The highest BCUT2D eigenvalue weighted by Crippen LogP contribution is 2.55. The molecule has 3 aromatic carbocycles. The van der Waals surface area contributed by atoms with Crippen LogP contribution in [-0.4, -0.2) is 141 Å². The van der Waals surface area contributed by atoms with Crippen molar-refractivity contribution < 1.29 is 73.0 Å². The second kappa shape index (κ2) is 24.7. The Morgan fingerprint density at radius 3 is 1.80 bits per heavy atom. The Labute approximate surface area is 531 Å². The van der Waals surface area contributed by atoms with Crippen LogP contribution in [0.3, 0.4) is 0 Å². The normalized spacial score (nSPS) is 23.5. The maximum absolute atomic E-state index is 14.8. The predicted molar refractivity (Wildman–Crippen MR) is 311 cm³/mol. The van der Waals surface area contributed by atoms with Gasteiger partial charge in [0.25, 0.3) is 11.8 Å². The van der Waals surface area contributed by atoms with Crippen molar-refractivity contribution in [2.75, 3.05) is 33.1 Å². The van der Waals surface area contributed by atoms with Crippen LogP contribution in [0, 0.1) is 65.2 Å². The first-order valence-electron chi connectivity index (χ1n) is 28.5. The standard InChI is InChI=1S/C34H27BrF9N7O4S.C24H26BrN7O3/c1-49-19(53)9-14-31-16(51-15(33(54)46-31)3-4-17(51)35)10-34(14,49)55-7-2-6-50-12-13(47-48-50)11-45-18(52)5-8-56-32-29(43)24(38)21(25(39)30(32)44)20-22(36)26(40)28(42)27(41)23(20)37;1-14-4-6-15(7-5-14)16-13-31(29-28-16)10-3-11-35-24-12-18-20(21(24)27-23(34)30(24)2)26-22(33)17-8-9-19(25)32(17)18/h3-4,12,14,16,31H,2,5-11H2,1H3,(H,45,52)(H,46,54);4-9,13,18,20-21H,3,10-12H2,1-2H3,(H,26,33)(H,27,34)/t14-,16+,31-,34-;18-,20-,21+,24+/m01/s1. The van der Waals surface area contributed by atoms with Gasteiger partial charge in [-0.15, -0.1) is 22.0 Å². The largest absolute Gasteiger partial charge is 0.355 e. The van der Waals surface area contributed by atoms with E-state index < -0.39 is 97.9 Å². The van der Waals surface area contributed by atoms with E-state index >= 15 is 0 Å². The summed E-state index contributed by atoms with van der Waals surface area (Å²) in [5, 5.41) is 28.2. The summed E-state index contributed by atoms with van der Waals surface area (Å²) in [6, 6.07) is 14.1. The summed E-state index contributed by atoms with van der Waals surface area (Å²) >= 11 is 7.24. The Balaban J connectivity index is 0.000000195. The van der Waals surface area contributed by atoms with Crippen molar-refractivity contribution in [1.29, 1.82) is 0 Å². The van der Waals surface area contributed by atoms with E-state index in [0.29, 0.717) is 62.5 Å². The summed E-state index contributed by atoms with van der Waals surface area (Å²) < 4.78 is 150. The Bertz CT molecular complexity index is 4040. The lowest BCUT2D eigenvalue weighted by Gasteiger charge is -2.36. The van der Waals surface area contributed by atoms with Crippen LogP contribution in [0.2, 0.25) is 0 Å². The number of aryl methyl sites for hydroxylation is 3. The lowest BCUT2D eigenvalue weighted by atomic mass is 9.95. The molecule has 8 atom stereocenters. The molecule has 4 N–H and O–H groups in total. The van der Waals surface area contributed by atoms with Crippen molar-refractivity contribution >= 4 is 73.3 Å². The molecular weight excluding hydrogens is 1370 g/mol. The third-order valence-corrected chi connectivity index (χ3v) is 20.0. The Kier molecular flexibility index (Phi) is 17.2. The minimum atomic E-state index is -2.66. The Morgan fingerprint density at radius 2 is 1.19 bits per heavy atom. The minimum absolute atomic E-state index is 0.0347. The summed E-state index contributed by atoms with van der Waals surface area (Å²) in [4.78, 5) is 65.3. The minimum Gasteiger partial charge on any atom is -0.355 e. The van der Waals surface area contributed by atoms with E-state index in [4.69, 9.17) is 9.47 Å². The molecule has 2 saturated heterocycles. The van der Waals surface area contributed by atoms with Gasteiger partial charge in [-0.3, -0.25) is 33.4 Å². The van der Waals surface area contributed by atoms with E-state index in [2.05, 4.69) is 92.8 Å². The third-order valence-electron chi connectivity index (χ3n) is 17.6. The van der Waals surface area contributed by atoms with Crippen molar-refractivity contribution in [2.24, 2.45) is 5.92 Å². The number of amides is 6. The van der Waals surface area contributed by atoms with Crippen LogP contribution in [-0.2, 0) is 38.7 Å². The molecule has 33 heteroatoms. The van der Waals surface area contributed by atoms with E-state index in [-0.39, 0.29) is 91.2 Å². The highest BCUT2D eigenvalue weighted by atomic mass is 79.9. The molecule has 21 nitrogen and oxygen atoms in total. The van der Waals surface area contributed by atoms with Gasteiger partial charge in [-0.25, -0.2) is 44.3 Å². The molecule has 0 spiro atoms. The monoisotopic (exact) mass is 1420 g/mol. The number of nitrogens with one attached hydrogen (secondary N) is 4. The molecule has 0 unspecified atom stereocenters. The molecule has 6 amide bonds. The van der Waals surface area contributed by atoms with Crippen molar-refractivity contribution in [1.82, 2.24) is 70.2 Å². The molecule has 4 aliphatic heterocycles. The van der Waals surface area contributed by atoms with Crippen LogP contribution in [0.5, 0.6) is 0 Å². The molecule has 0 radical (unpaired) electrons. The highest BCUT2D eigenvalue weighted by Gasteiger charge is 2.66. The number of halogens is 11. The number of likely N-dealkylation sites (tertiary alicyclic amines) is 1. The fourth-order valence-electron chi connectivity index (χ4n) is 13.1. The molecule has 7 aromatic rings. The summed E-state index contributed by atoms with van der Waals surface area (Å²) in [7, 11) is 3.44. The van der Waals surface area contributed by atoms with Gasteiger partial charge < -0.3 is 44.8 Å². The number of likely N-dealkylation sites (N-methyl/N-ethyl adjacent to an activating group) is 1. The highest BCUT2D eigenvalue weighted by molar-refractivity contribution is 9.10. The molecule has 480 valence electrons. The van der Waals surface area contributed by atoms with Gasteiger partial charge in [-0.2, -0.15) is 0 Å². The van der Waals surface area contributed by atoms with Crippen molar-refractivity contribution in [2.45, 2.75) is 112 Å². The molecule has 13 rings (SSSR count). The maximum Gasteiger partial charge on any atom is 0.319 e. The van der Waals surface area contributed by atoms with E-state index in [1.165, 1.54) is 10.2 Å². The number of nitrogens with zero attached hydrogens (tertiary/aromatic N) is 10. The van der Waals surface area contributed by atoms with Gasteiger partial charge in [0.05, 0.1) is 81.5 Å². The number of hydrogen-bond donors (Lipinski definition) is 4. The molecule has 4 aromatic heterocycles. The fourth-order valence-corrected chi connectivity index (χ4v) is 15.2. The molecule has 0 bridgehead atoms. The van der Waals surface area contributed by atoms with Gasteiger partial charge in [-0.1, -0.05) is 40.3 Å². The van der Waals surface area contributed by atoms with E-state index in [0.717, 1.165) is 20.5 Å². The van der Waals surface area contributed by atoms with E-state index in [9.17, 15) is 63.5 Å². The van der Waals surface area contributed by atoms with E-state index in [1.54, 1.807) is 42.2 Å². The van der Waals surface area contributed by atoms with Gasteiger partial charge in [0.1, 0.15) is 34.5 Å². The molecule has 4 fully saturated rings. The number of hydrogen-bond acceptors (Lipinski definition) is 12. The van der Waals surface area contributed by atoms with Gasteiger partial charge in [0.15, 0.2) is 52.3 Å². The summed E-state index contributed by atoms with van der Waals surface area (Å²) in [6.45, 7) is 3.59. The number of aromatic nitrogens is 8. The van der Waals surface area contributed by atoms with Crippen molar-refractivity contribution in [3.05, 3.63) is 145 Å².